The predicted molar refractivity (Wildman–Crippen MR) is 138 cm³/mol. The van der Waals surface area contributed by atoms with Crippen LogP contribution in [0, 0.1) is 0 Å². The molecular formula is C30H39NO. The van der Waals surface area contributed by atoms with Crippen LogP contribution in [0.3, 0.4) is 0 Å². The summed E-state index contributed by atoms with van der Waals surface area (Å²) in [5, 5.41) is 0. The third-order valence-electron chi connectivity index (χ3n) is 6.42. The number of benzene rings is 3. The van der Waals surface area contributed by atoms with Crippen LogP contribution >= 0.6 is 0 Å². The monoisotopic (exact) mass is 429 g/mol. The molecule has 0 aliphatic heterocycles. The zero-order valence-electron chi connectivity index (χ0n) is 21.0. The van der Waals surface area contributed by atoms with E-state index in [1.807, 2.05) is 0 Å². The molecule has 0 saturated carbocycles. The first-order valence-electron chi connectivity index (χ1n) is 11.9. The third kappa shape index (κ3) is 4.47. The van der Waals surface area contributed by atoms with Crippen molar-refractivity contribution in [1.82, 2.24) is 0 Å². The molecule has 0 bridgehead atoms. The van der Waals surface area contributed by atoms with Crippen LogP contribution in [0.2, 0.25) is 0 Å². The number of hydrogen-bond donors (Lipinski definition) is 1. The molecule has 2 N–H and O–H groups in total. The maximum absolute atomic E-state index is 6.03. The van der Waals surface area contributed by atoms with Crippen LogP contribution in [-0.4, -0.2) is 0 Å². The molecule has 170 valence electrons. The molecular weight excluding hydrogens is 390 g/mol. The summed E-state index contributed by atoms with van der Waals surface area (Å²) in [7, 11) is 0. The molecule has 32 heavy (non-hydrogen) atoms. The van der Waals surface area contributed by atoms with Crippen LogP contribution in [0.5, 0.6) is 5.75 Å². The summed E-state index contributed by atoms with van der Waals surface area (Å²) >= 11 is 0. The van der Waals surface area contributed by atoms with Gasteiger partial charge in [0.2, 0.25) is 0 Å². The van der Waals surface area contributed by atoms with Crippen molar-refractivity contribution in [3.05, 3.63) is 76.9 Å². The zero-order chi connectivity index (χ0) is 23.6. The van der Waals surface area contributed by atoms with Crippen LogP contribution in [0.15, 0.2) is 54.6 Å². The highest BCUT2D eigenvalue weighted by Crippen LogP contribution is 2.47. The average Bonchev–Trinajstić information content (AvgIpc) is 2.77. The minimum Gasteiger partial charge on any atom is -0.410 e. The van der Waals surface area contributed by atoms with Gasteiger partial charge in [-0.2, -0.15) is 5.90 Å². The highest BCUT2D eigenvalue weighted by molar-refractivity contribution is 5.87. The van der Waals surface area contributed by atoms with Gasteiger partial charge in [-0.05, 0) is 57.1 Å². The molecule has 0 spiro atoms. The molecule has 0 aliphatic carbocycles. The molecule has 3 aromatic rings. The summed E-state index contributed by atoms with van der Waals surface area (Å²) in [6, 6.07) is 19.8. The lowest BCUT2D eigenvalue weighted by Gasteiger charge is -2.25. The first-order chi connectivity index (χ1) is 15.2. The Morgan fingerprint density at radius 1 is 0.500 bits per heavy atom. The molecule has 0 amide bonds. The Bertz CT molecular complexity index is 942. The Morgan fingerprint density at radius 3 is 1.03 bits per heavy atom. The van der Waals surface area contributed by atoms with Gasteiger partial charge in [0, 0.05) is 11.1 Å². The van der Waals surface area contributed by atoms with E-state index in [-0.39, 0.29) is 0 Å². The topological polar surface area (TPSA) is 35.2 Å². The second-order valence-electron chi connectivity index (χ2n) is 10.0. The maximum Gasteiger partial charge on any atom is 0.162 e. The van der Waals surface area contributed by atoms with Crippen molar-refractivity contribution in [3.63, 3.8) is 0 Å². The molecule has 0 saturated heterocycles. The lowest BCUT2D eigenvalue weighted by atomic mass is 9.81. The normalized spacial score (nSPS) is 11.8. The largest absolute Gasteiger partial charge is 0.410 e. The Labute approximate surface area is 194 Å². The van der Waals surface area contributed by atoms with Crippen LogP contribution in [0.4, 0.5) is 0 Å². The standard InChI is InChI=1S/C30H39NO/c1-18(2)22-12-9-13-23(19(3)4)28(22)26-16-11-17-27(30(26)32-31)29-24(20(5)6)14-10-15-25(29)21(7)8/h9-21H,31H2,1-8H3. The van der Waals surface area contributed by atoms with Gasteiger partial charge >= 0.3 is 0 Å². The van der Waals surface area contributed by atoms with Crippen LogP contribution in [0.1, 0.15) is 101 Å². The number of nitrogens with two attached hydrogens (primary N) is 1. The molecule has 0 radical (unpaired) electrons. The van der Waals surface area contributed by atoms with Gasteiger partial charge in [-0.25, -0.2) is 0 Å². The summed E-state index contributed by atoms with van der Waals surface area (Å²) < 4.78 is 0. The molecule has 0 heterocycles. The van der Waals surface area contributed by atoms with Gasteiger partial charge in [0.25, 0.3) is 0 Å². The number of para-hydroxylation sites is 1. The van der Waals surface area contributed by atoms with E-state index < -0.39 is 0 Å². The first kappa shape index (κ1) is 24.1. The molecule has 0 unspecified atom stereocenters. The minimum atomic E-state index is 0.396. The van der Waals surface area contributed by atoms with Crippen molar-refractivity contribution in [2.45, 2.75) is 79.1 Å². The van der Waals surface area contributed by atoms with Crippen molar-refractivity contribution >= 4 is 0 Å². The van der Waals surface area contributed by atoms with Crippen LogP contribution in [-0.2, 0) is 0 Å². The maximum atomic E-state index is 6.03. The van der Waals surface area contributed by atoms with E-state index in [1.54, 1.807) is 0 Å². The van der Waals surface area contributed by atoms with Gasteiger partial charge in [-0.15, -0.1) is 0 Å². The summed E-state index contributed by atoms with van der Waals surface area (Å²) in [5.74, 6) is 8.37. The Morgan fingerprint density at radius 2 is 0.781 bits per heavy atom. The van der Waals surface area contributed by atoms with E-state index >= 15 is 0 Å². The summed E-state index contributed by atoms with van der Waals surface area (Å²) in [6.45, 7) is 18.0. The fourth-order valence-electron chi connectivity index (χ4n) is 4.78. The molecule has 3 aromatic carbocycles. The van der Waals surface area contributed by atoms with Crippen molar-refractivity contribution in [2.75, 3.05) is 0 Å². The SMILES string of the molecule is CC(C)c1cccc(C(C)C)c1-c1cccc(-c2c(C(C)C)cccc2C(C)C)c1ON. The third-order valence-corrected chi connectivity index (χ3v) is 6.42. The molecule has 2 nitrogen and oxygen atoms in total. The summed E-state index contributed by atoms with van der Waals surface area (Å²) in [5.41, 5.74) is 9.97. The predicted octanol–water partition coefficient (Wildman–Crippen LogP) is 8.77. The molecule has 2 heteroatoms. The highest BCUT2D eigenvalue weighted by atomic mass is 16.6. The van der Waals surface area contributed by atoms with Gasteiger partial charge < -0.3 is 4.84 Å². The Hall–Kier alpha value is -2.58. The van der Waals surface area contributed by atoms with Crippen molar-refractivity contribution in [3.8, 4) is 28.0 Å². The fourth-order valence-corrected chi connectivity index (χ4v) is 4.78. The van der Waals surface area contributed by atoms with Crippen molar-refractivity contribution in [1.29, 1.82) is 0 Å². The van der Waals surface area contributed by atoms with Crippen LogP contribution < -0.4 is 10.7 Å². The number of rotatable bonds is 7. The van der Waals surface area contributed by atoms with E-state index in [0.29, 0.717) is 23.7 Å². The second-order valence-corrected chi connectivity index (χ2v) is 10.0. The van der Waals surface area contributed by atoms with Gasteiger partial charge in [0.15, 0.2) is 5.75 Å². The van der Waals surface area contributed by atoms with Crippen LogP contribution in [0.25, 0.3) is 22.3 Å². The van der Waals surface area contributed by atoms with Crippen molar-refractivity contribution < 1.29 is 4.84 Å². The van der Waals surface area contributed by atoms with E-state index in [1.165, 1.54) is 33.4 Å². The van der Waals surface area contributed by atoms with Gasteiger partial charge in [-0.3, -0.25) is 0 Å². The quantitative estimate of drug-likeness (QED) is 0.381. The van der Waals surface area contributed by atoms with Gasteiger partial charge in [0.1, 0.15) is 0 Å². The van der Waals surface area contributed by atoms with E-state index in [0.717, 1.165) is 16.9 Å². The average molecular weight is 430 g/mol. The Balaban J connectivity index is 2.43. The summed E-state index contributed by atoms with van der Waals surface area (Å²) in [4.78, 5) is 5.72. The highest BCUT2D eigenvalue weighted by Gasteiger charge is 2.24. The summed E-state index contributed by atoms with van der Waals surface area (Å²) in [6.07, 6.45) is 0. The van der Waals surface area contributed by atoms with E-state index in [2.05, 4.69) is 110 Å². The van der Waals surface area contributed by atoms with Gasteiger partial charge in [0.05, 0.1) is 0 Å². The number of hydrogen-bond acceptors (Lipinski definition) is 2. The molecule has 0 fully saturated rings. The molecule has 3 rings (SSSR count). The minimum absolute atomic E-state index is 0.396. The van der Waals surface area contributed by atoms with Gasteiger partial charge in [-0.1, -0.05) is 110 Å². The second kappa shape index (κ2) is 9.92. The zero-order valence-corrected chi connectivity index (χ0v) is 21.0. The fraction of sp³-hybridized carbons (Fsp3) is 0.400. The molecule has 0 aromatic heterocycles. The van der Waals surface area contributed by atoms with E-state index in [9.17, 15) is 0 Å². The smallest absolute Gasteiger partial charge is 0.162 e. The first-order valence-corrected chi connectivity index (χ1v) is 11.9. The lowest BCUT2D eigenvalue weighted by Crippen LogP contribution is -2.09. The molecule has 0 aliphatic rings. The lowest BCUT2D eigenvalue weighted by molar-refractivity contribution is 0.337. The molecule has 0 atom stereocenters. The van der Waals surface area contributed by atoms with E-state index in [4.69, 9.17) is 10.7 Å². The van der Waals surface area contributed by atoms with Crippen molar-refractivity contribution in [2.24, 2.45) is 5.90 Å². The Kier molecular flexibility index (Phi) is 7.46.